The number of pyridine rings is 1. The first-order valence-electron chi connectivity index (χ1n) is 10.7. The molecular weight excluding hydrogens is 460 g/mol. The molecule has 3 aromatic rings. The Morgan fingerprint density at radius 1 is 1.21 bits per heavy atom. The van der Waals surface area contributed by atoms with E-state index in [0.717, 1.165) is 24.3 Å². The number of nitrogens with one attached hydrogen (secondary N) is 1. The van der Waals surface area contributed by atoms with Gasteiger partial charge in [0.1, 0.15) is 5.01 Å². The van der Waals surface area contributed by atoms with Gasteiger partial charge in [0, 0.05) is 42.4 Å². The number of anilines is 1. The number of amides is 1. The number of carbonyl (C=O) groups is 2. The van der Waals surface area contributed by atoms with Crippen LogP contribution < -0.4 is 10.2 Å². The van der Waals surface area contributed by atoms with Gasteiger partial charge in [-0.1, -0.05) is 17.7 Å². The topological polar surface area (TPSA) is 84.4 Å². The quantitative estimate of drug-likeness (QED) is 0.504. The molecule has 1 aliphatic rings. The number of halogens is 1. The van der Waals surface area contributed by atoms with Crippen molar-refractivity contribution in [1.29, 1.82) is 0 Å². The Hall–Kier alpha value is -2.81. The predicted molar refractivity (Wildman–Crippen MR) is 129 cm³/mol. The fourth-order valence-electron chi connectivity index (χ4n) is 3.57. The first-order chi connectivity index (χ1) is 15.9. The van der Waals surface area contributed by atoms with Crippen LogP contribution in [-0.2, 0) is 11.2 Å². The summed E-state index contributed by atoms with van der Waals surface area (Å²) in [6.07, 6.45) is 3.30. The molecule has 1 saturated heterocycles. The van der Waals surface area contributed by atoms with Crippen molar-refractivity contribution in [2.24, 2.45) is 0 Å². The first kappa shape index (κ1) is 23.4. The van der Waals surface area contributed by atoms with Gasteiger partial charge in [-0.2, -0.15) is 0 Å². The summed E-state index contributed by atoms with van der Waals surface area (Å²) in [4.78, 5) is 36.9. The monoisotopic (exact) mass is 484 g/mol. The Morgan fingerprint density at radius 2 is 2.00 bits per heavy atom. The highest BCUT2D eigenvalue weighted by molar-refractivity contribution is 7.13. The number of hydrogen-bond donors (Lipinski definition) is 1. The molecule has 0 aliphatic carbocycles. The van der Waals surface area contributed by atoms with Crippen LogP contribution in [0.5, 0.6) is 0 Å². The lowest BCUT2D eigenvalue weighted by molar-refractivity contribution is 0.0938. The molecule has 0 bridgehead atoms. The number of nitrogens with zero attached hydrogens (tertiary/aromatic N) is 3. The summed E-state index contributed by atoms with van der Waals surface area (Å²) in [6, 6.07) is 9.07. The van der Waals surface area contributed by atoms with Gasteiger partial charge >= 0.3 is 0 Å². The summed E-state index contributed by atoms with van der Waals surface area (Å²) in [5, 5.41) is 4.24. The highest BCUT2D eigenvalue weighted by Gasteiger charge is 2.19. The van der Waals surface area contributed by atoms with E-state index >= 15 is 0 Å². The smallest absolute Gasteiger partial charge is 0.251 e. The number of hydrogen-bond acceptors (Lipinski definition) is 7. The summed E-state index contributed by atoms with van der Waals surface area (Å²) in [7, 11) is 0. The van der Waals surface area contributed by atoms with Crippen molar-refractivity contribution in [3.05, 3.63) is 74.5 Å². The maximum Gasteiger partial charge on any atom is 0.251 e. The molecule has 1 aromatic carbocycles. The van der Waals surface area contributed by atoms with E-state index in [4.69, 9.17) is 16.3 Å². The molecule has 0 saturated carbocycles. The Kier molecular flexibility index (Phi) is 7.37. The van der Waals surface area contributed by atoms with Gasteiger partial charge in [-0.3, -0.25) is 14.6 Å². The maximum atomic E-state index is 12.8. The van der Waals surface area contributed by atoms with Gasteiger partial charge in [-0.25, -0.2) is 4.98 Å². The zero-order valence-corrected chi connectivity index (χ0v) is 20.1. The summed E-state index contributed by atoms with van der Waals surface area (Å²) >= 11 is 7.30. The molecule has 7 nitrogen and oxygen atoms in total. The molecular formula is C24H25ClN4O3S. The summed E-state index contributed by atoms with van der Waals surface area (Å²) in [5.41, 5.74) is 3.14. The molecule has 4 rings (SSSR count). The van der Waals surface area contributed by atoms with Gasteiger partial charge in [0.25, 0.3) is 5.91 Å². The van der Waals surface area contributed by atoms with Crippen molar-refractivity contribution in [2.75, 3.05) is 31.2 Å². The van der Waals surface area contributed by atoms with Gasteiger partial charge in [0.2, 0.25) is 0 Å². The molecule has 9 heteroatoms. The number of thiazole rings is 1. The van der Waals surface area contributed by atoms with E-state index in [1.54, 1.807) is 18.5 Å². The molecule has 1 fully saturated rings. The van der Waals surface area contributed by atoms with Crippen LogP contribution in [-0.4, -0.2) is 48.0 Å². The van der Waals surface area contributed by atoms with Crippen molar-refractivity contribution in [3.63, 3.8) is 0 Å². The highest BCUT2D eigenvalue weighted by Crippen LogP contribution is 2.23. The minimum atomic E-state index is -0.327. The molecule has 0 spiro atoms. The summed E-state index contributed by atoms with van der Waals surface area (Å²) < 4.78 is 5.40. The number of rotatable bonds is 7. The van der Waals surface area contributed by atoms with E-state index in [1.807, 2.05) is 38.1 Å². The average Bonchev–Trinajstić information content (AvgIpc) is 3.33. The Morgan fingerprint density at radius 3 is 2.76 bits per heavy atom. The molecule has 3 heterocycles. The number of aryl methyl sites for hydroxylation is 1. The van der Waals surface area contributed by atoms with Crippen LogP contribution in [0.4, 0.5) is 5.69 Å². The second-order valence-corrected chi connectivity index (χ2v) is 9.40. The summed E-state index contributed by atoms with van der Waals surface area (Å²) in [6.45, 7) is 6.73. The summed E-state index contributed by atoms with van der Waals surface area (Å²) in [5.74, 6) is -0.244. The second kappa shape index (κ2) is 10.4. The van der Waals surface area contributed by atoms with Crippen LogP contribution in [0.1, 0.15) is 49.3 Å². The lowest BCUT2D eigenvalue weighted by Crippen LogP contribution is -2.36. The number of morpholine rings is 1. The van der Waals surface area contributed by atoms with Gasteiger partial charge in [-0.15, -0.1) is 11.3 Å². The lowest BCUT2D eigenvalue weighted by Gasteiger charge is -2.29. The number of benzene rings is 1. The van der Waals surface area contributed by atoms with Crippen LogP contribution in [0.15, 0.2) is 42.7 Å². The Bertz CT molecular complexity index is 1160. The molecule has 1 atom stereocenters. The minimum Gasteiger partial charge on any atom is -0.378 e. The van der Waals surface area contributed by atoms with Crippen LogP contribution in [0.2, 0.25) is 5.02 Å². The zero-order valence-electron chi connectivity index (χ0n) is 18.5. The number of carbonyl (C=O) groups excluding carboxylic acids is 2. The second-order valence-electron chi connectivity index (χ2n) is 7.93. The normalized spacial score (nSPS) is 14.7. The average molecular weight is 485 g/mol. The van der Waals surface area contributed by atoms with Crippen molar-refractivity contribution in [1.82, 2.24) is 15.3 Å². The lowest BCUT2D eigenvalue weighted by atomic mass is 10.1. The van der Waals surface area contributed by atoms with Gasteiger partial charge < -0.3 is 15.0 Å². The molecule has 172 valence electrons. The Labute approximate surface area is 201 Å². The molecule has 1 unspecified atom stereocenters. The van der Waals surface area contributed by atoms with Crippen molar-refractivity contribution < 1.29 is 14.3 Å². The van der Waals surface area contributed by atoms with Gasteiger partial charge in [-0.05, 0) is 43.7 Å². The van der Waals surface area contributed by atoms with E-state index in [9.17, 15) is 9.59 Å². The highest BCUT2D eigenvalue weighted by atomic mass is 35.5. The largest absolute Gasteiger partial charge is 0.378 e. The number of ether oxygens (including phenoxy) is 1. The Balaban J connectivity index is 1.39. The van der Waals surface area contributed by atoms with Crippen molar-refractivity contribution in [3.8, 4) is 0 Å². The molecule has 2 aromatic heterocycles. The third kappa shape index (κ3) is 5.76. The predicted octanol–water partition coefficient (Wildman–Crippen LogP) is 4.25. The van der Waals surface area contributed by atoms with Crippen LogP contribution in [0.25, 0.3) is 0 Å². The third-order valence-corrected chi connectivity index (χ3v) is 7.06. The third-order valence-electron chi connectivity index (χ3n) is 5.45. The number of aromatic nitrogens is 2. The standard InChI is InChI=1S/C24H25ClN4O3S/c1-15-10-18(26-13-20(15)25)12-21(30)22-14-27-24(33-22)16(2)28-23(31)17-4-3-5-19(11-17)29-6-8-32-9-7-29/h3-5,10-11,13-14,16H,6-9,12H2,1-2H3,(H,28,31). The molecule has 1 amide bonds. The maximum absolute atomic E-state index is 12.8. The van der Waals surface area contributed by atoms with E-state index < -0.39 is 0 Å². The van der Waals surface area contributed by atoms with Crippen LogP contribution in [0, 0.1) is 6.92 Å². The van der Waals surface area contributed by atoms with E-state index in [0.29, 0.717) is 39.4 Å². The fourth-order valence-corrected chi connectivity index (χ4v) is 4.53. The van der Waals surface area contributed by atoms with E-state index in [2.05, 4.69) is 20.2 Å². The SMILES string of the molecule is Cc1cc(CC(=O)c2cnc(C(C)NC(=O)c3cccc(N4CCOCC4)c3)s2)ncc1Cl. The van der Waals surface area contributed by atoms with E-state index in [1.165, 1.54) is 11.3 Å². The fraction of sp³-hybridized carbons (Fsp3) is 0.333. The van der Waals surface area contributed by atoms with Crippen molar-refractivity contribution in [2.45, 2.75) is 26.3 Å². The first-order valence-corrected chi connectivity index (χ1v) is 11.9. The van der Waals surface area contributed by atoms with Gasteiger partial charge in [0.05, 0.1) is 35.6 Å². The van der Waals surface area contributed by atoms with Crippen LogP contribution >= 0.6 is 22.9 Å². The van der Waals surface area contributed by atoms with Crippen LogP contribution in [0.3, 0.4) is 0 Å². The molecule has 1 aliphatic heterocycles. The molecule has 33 heavy (non-hydrogen) atoms. The zero-order chi connectivity index (χ0) is 23.4. The van der Waals surface area contributed by atoms with Gasteiger partial charge in [0.15, 0.2) is 5.78 Å². The molecule has 0 radical (unpaired) electrons. The number of Topliss-reactive ketones (excluding diaryl/α,β-unsaturated/α-hetero) is 1. The number of ketones is 1. The minimum absolute atomic E-state index is 0.0651. The van der Waals surface area contributed by atoms with Crippen molar-refractivity contribution >= 4 is 40.3 Å². The van der Waals surface area contributed by atoms with E-state index in [-0.39, 0.29) is 24.2 Å². The molecule has 1 N–H and O–H groups in total.